The predicted octanol–water partition coefficient (Wildman–Crippen LogP) is 1.82. The third kappa shape index (κ3) is 3.35. The van der Waals surface area contributed by atoms with Gasteiger partial charge in [0.2, 0.25) is 0 Å². The molecule has 114 valence electrons. The van der Waals surface area contributed by atoms with Crippen molar-refractivity contribution in [1.29, 1.82) is 5.41 Å². The summed E-state index contributed by atoms with van der Waals surface area (Å²) >= 11 is 0. The van der Waals surface area contributed by atoms with Gasteiger partial charge in [0.25, 0.3) is 0 Å². The Morgan fingerprint density at radius 1 is 1.10 bits per heavy atom. The van der Waals surface area contributed by atoms with Gasteiger partial charge in [-0.3, -0.25) is 5.41 Å². The summed E-state index contributed by atoms with van der Waals surface area (Å²) in [6, 6.07) is 6.51. The average molecular weight is 287 g/mol. The van der Waals surface area contributed by atoms with E-state index in [-0.39, 0.29) is 5.84 Å². The SMILES string of the molecule is N=C(N)c1cccc(N2CCC(N3CCCCC3)CC2)n1. The van der Waals surface area contributed by atoms with E-state index in [0.717, 1.165) is 24.9 Å². The number of amidine groups is 1. The number of likely N-dealkylation sites (tertiary alicyclic amines) is 1. The summed E-state index contributed by atoms with van der Waals surface area (Å²) < 4.78 is 0. The summed E-state index contributed by atoms with van der Waals surface area (Å²) in [6.07, 6.45) is 6.56. The highest BCUT2D eigenvalue weighted by atomic mass is 15.2. The van der Waals surface area contributed by atoms with Gasteiger partial charge < -0.3 is 15.5 Å². The van der Waals surface area contributed by atoms with E-state index in [1.807, 2.05) is 12.1 Å². The van der Waals surface area contributed by atoms with Crippen LogP contribution in [-0.2, 0) is 0 Å². The molecule has 0 saturated carbocycles. The summed E-state index contributed by atoms with van der Waals surface area (Å²) in [6.45, 7) is 4.66. The quantitative estimate of drug-likeness (QED) is 0.657. The number of aromatic nitrogens is 1. The Kier molecular flexibility index (Phi) is 4.39. The molecule has 2 fully saturated rings. The Balaban J connectivity index is 1.60. The van der Waals surface area contributed by atoms with Gasteiger partial charge in [0, 0.05) is 19.1 Å². The van der Waals surface area contributed by atoms with Crippen LogP contribution in [0.2, 0.25) is 0 Å². The number of anilines is 1. The average Bonchev–Trinajstić information content (AvgIpc) is 2.56. The van der Waals surface area contributed by atoms with Gasteiger partial charge in [-0.05, 0) is 50.9 Å². The first-order chi connectivity index (χ1) is 10.2. The lowest BCUT2D eigenvalue weighted by atomic mass is 10.00. The van der Waals surface area contributed by atoms with Crippen molar-refractivity contribution >= 4 is 11.7 Å². The molecule has 3 heterocycles. The molecule has 21 heavy (non-hydrogen) atoms. The van der Waals surface area contributed by atoms with Crippen molar-refractivity contribution in [2.24, 2.45) is 5.73 Å². The Hall–Kier alpha value is -1.62. The van der Waals surface area contributed by atoms with Crippen LogP contribution < -0.4 is 10.6 Å². The topological polar surface area (TPSA) is 69.2 Å². The normalized spacial score (nSPS) is 21.4. The second-order valence-corrected chi connectivity index (χ2v) is 6.11. The second-order valence-electron chi connectivity index (χ2n) is 6.11. The molecular weight excluding hydrogens is 262 g/mol. The first-order valence-corrected chi connectivity index (χ1v) is 8.04. The van der Waals surface area contributed by atoms with E-state index in [0.29, 0.717) is 5.69 Å². The number of nitrogens with zero attached hydrogens (tertiary/aromatic N) is 3. The fourth-order valence-corrected chi connectivity index (χ4v) is 3.49. The molecule has 5 heteroatoms. The lowest BCUT2D eigenvalue weighted by Crippen LogP contribution is -2.47. The Morgan fingerprint density at radius 3 is 2.48 bits per heavy atom. The standard InChI is InChI=1S/C16H25N5/c17-16(18)14-5-4-6-15(19-14)21-11-7-13(8-12-21)20-9-2-1-3-10-20/h4-6,13H,1-3,7-12H2,(H3,17,18). The van der Waals surface area contributed by atoms with Crippen molar-refractivity contribution in [3.05, 3.63) is 23.9 Å². The van der Waals surface area contributed by atoms with Crippen molar-refractivity contribution in [3.63, 3.8) is 0 Å². The van der Waals surface area contributed by atoms with Crippen molar-refractivity contribution in [2.45, 2.75) is 38.1 Å². The molecule has 2 aliphatic rings. The Morgan fingerprint density at radius 2 is 1.81 bits per heavy atom. The zero-order valence-corrected chi connectivity index (χ0v) is 12.6. The molecular formula is C16H25N5. The monoisotopic (exact) mass is 287 g/mol. The van der Waals surface area contributed by atoms with Crippen molar-refractivity contribution in [1.82, 2.24) is 9.88 Å². The van der Waals surface area contributed by atoms with Crippen LogP contribution in [0.4, 0.5) is 5.82 Å². The molecule has 3 rings (SSSR count). The smallest absolute Gasteiger partial charge is 0.141 e. The number of rotatable bonds is 3. The molecule has 3 N–H and O–H groups in total. The molecule has 2 aliphatic heterocycles. The van der Waals surface area contributed by atoms with Gasteiger partial charge in [0.15, 0.2) is 0 Å². The molecule has 0 radical (unpaired) electrons. The van der Waals surface area contributed by atoms with Crippen LogP contribution in [0.1, 0.15) is 37.8 Å². The molecule has 0 unspecified atom stereocenters. The third-order valence-electron chi connectivity index (χ3n) is 4.71. The highest BCUT2D eigenvalue weighted by molar-refractivity contribution is 5.93. The van der Waals surface area contributed by atoms with Gasteiger partial charge in [-0.2, -0.15) is 0 Å². The van der Waals surface area contributed by atoms with Crippen LogP contribution in [0.5, 0.6) is 0 Å². The maximum Gasteiger partial charge on any atom is 0.141 e. The van der Waals surface area contributed by atoms with Gasteiger partial charge in [0.05, 0.1) is 0 Å². The van der Waals surface area contributed by atoms with Gasteiger partial charge in [-0.15, -0.1) is 0 Å². The lowest BCUT2D eigenvalue weighted by Gasteiger charge is -2.40. The van der Waals surface area contributed by atoms with Crippen molar-refractivity contribution < 1.29 is 0 Å². The fraction of sp³-hybridized carbons (Fsp3) is 0.625. The number of hydrogen-bond donors (Lipinski definition) is 2. The largest absolute Gasteiger partial charge is 0.382 e. The summed E-state index contributed by atoms with van der Waals surface area (Å²) in [5.41, 5.74) is 6.10. The van der Waals surface area contributed by atoms with Crippen LogP contribution in [0, 0.1) is 5.41 Å². The van der Waals surface area contributed by atoms with Crippen LogP contribution >= 0.6 is 0 Å². The van der Waals surface area contributed by atoms with E-state index in [9.17, 15) is 0 Å². The van der Waals surface area contributed by atoms with E-state index in [2.05, 4.69) is 14.8 Å². The van der Waals surface area contributed by atoms with E-state index < -0.39 is 0 Å². The molecule has 1 aromatic heterocycles. The summed E-state index contributed by atoms with van der Waals surface area (Å²) in [7, 11) is 0. The zero-order chi connectivity index (χ0) is 14.7. The van der Waals surface area contributed by atoms with Crippen LogP contribution in [0.15, 0.2) is 18.2 Å². The molecule has 0 bridgehead atoms. The molecule has 0 atom stereocenters. The summed E-state index contributed by atoms with van der Waals surface area (Å²) in [4.78, 5) is 9.50. The first kappa shape index (κ1) is 14.3. The number of hydrogen-bond acceptors (Lipinski definition) is 4. The maximum atomic E-state index is 7.50. The van der Waals surface area contributed by atoms with Gasteiger partial charge in [-0.1, -0.05) is 12.5 Å². The predicted molar refractivity (Wildman–Crippen MR) is 85.9 cm³/mol. The van der Waals surface area contributed by atoms with Crippen LogP contribution in [0.3, 0.4) is 0 Å². The number of pyridine rings is 1. The molecule has 2 saturated heterocycles. The molecule has 5 nitrogen and oxygen atoms in total. The third-order valence-corrected chi connectivity index (χ3v) is 4.71. The van der Waals surface area contributed by atoms with Gasteiger partial charge in [-0.25, -0.2) is 4.98 Å². The molecule has 0 spiro atoms. The van der Waals surface area contributed by atoms with Gasteiger partial charge in [0.1, 0.15) is 17.3 Å². The van der Waals surface area contributed by atoms with Crippen molar-refractivity contribution in [2.75, 3.05) is 31.1 Å². The lowest BCUT2D eigenvalue weighted by molar-refractivity contribution is 0.141. The summed E-state index contributed by atoms with van der Waals surface area (Å²) in [5.74, 6) is 1.000. The fourth-order valence-electron chi connectivity index (χ4n) is 3.49. The first-order valence-electron chi connectivity index (χ1n) is 8.04. The van der Waals surface area contributed by atoms with E-state index in [1.54, 1.807) is 6.07 Å². The number of nitrogens with two attached hydrogens (primary N) is 1. The van der Waals surface area contributed by atoms with Crippen molar-refractivity contribution in [3.8, 4) is 0 Å². The Bertz CT molecular complexity index is 487. The van der Waals surface area contributed by atoms with E-state index in [4.69, 9.17) is 11.1 Å². The maximum absolute atomic E-state index is 7.50. The van der Waals surface area contributed by atoms with E-state index >= 15 is 0 Å². The number of nitrogens with one attached hydrogen (secondary N) is 1. The second kappa shape index (κ2) is 6.43. The molecule has 1 aromatic rings. The summed E-state index contributed by atoms with van der Waals surface area (Å²) in [5, 5.41) is 7.50. The zero-order valence-electron chi connectivity index (χ0n) is 12.6. The van der Waals surface area contributed by atoms with Crippen LogP contribution in [0.25, 0.3) is 0 Å². The highest BCUT2D eigenvalue weighted by Gasteiger charge is 2.26. The molecule has 0 aliphatic carbocycles. The number of piperidine rings is 2. The minimum absolute atomic E-state index is 0.0417. The van der Waals surface area contributed by atoms with Crippen LogP contribution in [-0.4, -0.2) is 47.9 Å². The molecule has 0 aromatic carbocycles. The Labute approximate surface area is 126 Å². The minimum Gasteiger partial charge on any atom is -0.382 e. The highest BCUT2D eigenvalue weighted by Crippen LogP contribution is 2.23. The number of nitrogen functional groups attached to an aromatic ring is 1. The minimum atomic E-state index is 0.0417. The molecule has 0 amide bonds. The van der Waals surface area contributed by atoms with E-state index in [1.165, 1.54) is 45.2 Å². The van der Waals surface area contributed by atoms with Gasteiger partial charge >= 0.3 is 0 Å².